The zero-order valence-electron chi connectivity index (χ0n) is 24.3. The lowest BCUT2D eigenvalue weighted by Crippen LogP contribution is -2.47. The molecule has 204 valence electrons. The van der Waals surface area contributed by atoms with Gasteiger partial charge in [-0.15, -0.1) is 0 Å². The summed E-state index contributed by atoms with van der Waals surface area (Å²) in [6, 6.07) is 0. The summed E-state index contributed by atoms with van der Waals surface area (Å²) in [5.74, 6) is 0.148. The number of fused-ring (bicyclic) bond motifs is 2. The van der Waals surface area contributed by atoms with Crippen molar-refractivity contribution in [2.75, 3.05) is 0 Å². The van der Waals surface area contributed by atoms with Gasteiger partial charge in [-0.3, -0.25) is 9.59 Å². The lowest BCUT2D eigenvalue weighted by Gasteiger charge is -2.41. The Morgan fingerprint density at radius 1 is 0.703 bits per heavy atom. The number of hydrogen-bond acceptors (Lipinski definition) is 4. The van der Waals surface area contributed by atoms with Crippen LogP contribution in [0.4, 0.5) is 0 Å². The van der Waals surface area contributed by atoms with Gasteiger partial charge in [0, 0.05) is 12.8 Å². The van der Waals surface area contributed by atoms with Crippen molar-refractivity contribution in [3.8, 4) is 0 Å². The SMILES string of the molecule is CC(C)C1=CC(OC(=O)C2C3CCC(C3)C2C(=O)OC2(C(C)C)C=C(C(C)C)C=CC2)(C(C)C)CC=C1. The smallest absolute Gasteiger partial charge is 0.310 e. The maximum Gasteiger partial charge on any atom is 0.310 e. The van der Waals surface area contributed by atoms with Crippen molar-refractivity contribution < 1.29 is 19.1 Å². The molecule has 2 fully saturated rings. The van der Waals surface area contributed by atoms with Gasteiger partial charge >= 0.3 is 11.9 Å². The number of ether oxygens (including phenoxy) is 2. The maximum atomic E-state index is 13.9. The molecule has 4 nitrogen and oxygen atoms in total. The first kappa shape index (κ1) is 27.9. The maximum absolute atomic E-state index is 13.9. The molecule has 0 saturated heterocycles. The van der Waals surface area contributed by atoms with E-state index in [0.717, 1.165) is 19.3 Å². The Balaban J connectivity index is 1.59. The molecule has 37 heavy (non-hydrogen) atoms. The van der Waals surface area contributed by atoms with Crippen molar-refractivity contribution in [1.82, 2.24) is 0 Å². The molecule has 0 amide bonds. The molecule has 4 heteroatoms. The molecular weight excluding hydrogens is 460 g/mol. The minimum Gasteiger partial charge on any atom is -0.454 e. The highest BCUT2D eigenvalue weighted by atomic mass is 16.6. The molecule has 6 unspecified atom stereocenters. The van der Waals surface area contributed by atoms with Gasteiger partial charge in [0.05, 0.1) is 11.8 Å². The molecule has 2 saturated carbocycles. The van der Waals surface area contributed by atoms with Crippen LogP contribution in [0.15, 0.2) is 47.6 Å². The van der Waals surface area contributed by atoms with Crippen LogP contribution in [0, 0.1) is 47.3 Å². The van der Waals surface area contributed by atoms with E-state index in [4.69, 9.17) is 9.47 Å². The third-order valence-electron chi connectivity index (χ3n) is 9.65. The summed E-state index contributed by atoms with van der Waals surface area (Å²) < 4.78 is 12.9. The van der Waals surface area contributed by atoms with E-state index in [1.54, 1.807) is 0 Å². The van der Waals surface area contributed by atoms with Crippen LogP contribution in [-0.4, -0.2) is 23.1 Å². The average Bonchev–Trinajstić information content (AvgIpc) is 3.46. The topological polar surface area (TPSA) is 52.6 Å². The van der Waals surface area contributed by atoms with Crippen LogP contribution in [0.2, 0.25) is 0 Å². The number of allylic oxidation sites excluding steroid dienone is 4. The third kappa shape index (κ3) is 5.27. The molecular formula is C33H48O4. The van der Waals surface area contributed by atoms with E-state index < -0.39 is 23.0 Å². The minimum absolute atomic E-state index is 0.136. The first-order valence-corrected chi connectivity index (χ1v) is 14.6. The van der Waals surface area contributed by atoms with Crippen molar-refractivity contribution in [2.24, 2.45) is 47.3 Å². The van der Waals surface area contributed by atoms with E-state index in [9.17, 15) is 9.59 Å². The fraction of sp³-hybridized carbons (Fsp3) is 0.697. The van der Waals surface area contributed by atoms with Crippen LogP contribution in [-0.2, 0) is 19.1 Å². The van der Waals surface area contributed by atoms with Crippen LogP contribution < -0.4 is 0 Å². The van der Waals surface area contributed by atoms with E-state index in [2.05, 4.69) is 91.8 Å². The van der Waals surface area contributed by atoms with Crippen molar-refractivity contribution in [2.45, 2.75) is 98.7 Å². The highest BCUT2D eigenvalue weighted by Gasteiger charge is 2.57. The minimum atomic E-state index is -0.663. The van der Waals surface area contributed by atoms with Gasteiger partial charge < -0.3 is 9.47 Å². The molecule has 4 rings (SSSR count). The Kier molecular flexibility index (Phi) is 7.98. The molecule has 6 atom stereocenters. The van der Waals surface area contributed by atoms with E-state index in [-0.39, 0.29) is 35.6 Å². The van der Waals surface area contributed by atoms with Crippen LogP contribution >= 0.6 is 0 Å². The second-order valence-electron chi connectivity index (χ2n) is 13.3. The molecule has 0 aliphatic heterocycles. The van der Waals surface area contributed by atoms with Gasteiger partial charge in [0.25, 0.3) is 0 Å². The Morgan fingerprint density at radius 2 is 1.08 bits per heavy atom. The van der Waals surface area contributed by atoms with Crippen molar-refractivity contribution in [1.29, 1.82) is 0 Å². The molecule has 0 radical (unpaired) electrons. The van der Waals surface area contributed by atoms with Gasteiger partial charge in [0.1, 0.15) is 11.2 Å². The standard InChI is InChI=1S/C33H48O4/c1-20(2)26-11-9-15-32(18-26,22(5)6)36-30(34)28-24-13-14-25(17-24)29(28)31(35)37-33(23(7)8)16-10-12-27(19-33)21(3)4/h9-12,18-25,28-29H,13-17H2,1-8H3. The monoisotopic (exact) mass is 508 g/mol. The quantitative estimate of drug-likeness (QED) is 0.317. The molecule has 0 N–H and O–H groups in total. The number of esters is 2. The van der Waals surface area contributed by atoms with Gasteiger partial charge in [-0.05, 0) is 78.1 Å². The number of rotatable bonds is 8. The molecule has 0 aromatic rings. The van der Waals surface area contributed by atoms with Crippen LogP contribution in [0.25, 0.3) is 0 Å². The number of carbonyl (C=O) groups is 2. The van der Waals surface area contributed by atoms with E-state index in [1.165, 1.54) is 11.1 Å². The fourth-order valence-corrected chi connectivity index (χ4v) is 6.92. The predicted octanol–water partition coefficient (Wildman–Crippen LogP) is 7.61. The molecule has 0 spiro atoms. The van der Waals surface area contributed by atoms with Crippen molar-refractivity contribution in [3.63, 3.8) is 0 Å². The van der Waals surface area contributed by atoms with Gasteiger partial charge in [-0.2, -0.15) is 0 Å². The van der Waals surface area contributed by atoms with Crippen LogP contribution in [0.5, 0.6) is 0 Å². The van der Waals surface area contributed by atoms with Gasteiger partial charge in [0.15, 0.2) is 0 Å². The molecule has 0 aromatic heterocycles. The first-order chi connectivity index (χ1) is 17.4. The Hall–Kier alpha value is -2.10. The van der Waals surface area contributed by atoms with Crippen molar-refractivity contribution >= 4 is 11.9 Å². The van der Waals surface area contributed by atoms with E-state index in [1.807, 2.05) is 0 Å². The normalized spacial score (nSPS) is 34.9. The molecule has 0 aromatic carbocycles. The second kappa shape index (κ2) is 10.6. The summed E-state index contributed by atoms with van der Waals surface area (Å²) in [4.78, 5) is 27.9. The summed E-state index contributed by atoms with van der Waals surface area (Å²) in [5.41, 5.74) is 1.08. The lowest BCUT2D eigenvalue weighted by atomic mass is 9.77. The largest absolute Gasteiger partial charge is 0.454 e. The predicted molar refractivity (Wildman–Crippen MR) is 148 cm³/mol. The second-order valence-corrected chi connectivity index (χ2v) is 13.3. The Bertz CT molecular complexity index is 929. The molecule has 4 aliphatic rings. The number of carbonyl (C=O) groups excluding carboxylic acids is 2. The highest BCUT2D eigenvalue weighted by Crippen LogP contribution is 2.54. The zero-order chi connectivity index (χ0) is 27.1. The van der Waals surface area contributed by atoms with Crippen LogP contribution in [0.1, 0.15) is 87.5 Å². The van der Waals surface area contributed by atoms with E-state index >= 15 is 0 Å². The Labute approximate surface area is 224 Å². The third-order valence-corrected chi connectivity index (χ3v) is 9.65. The summed E-state index contributed by atoms with van der Waals surface area (Å²) in [6.07, 6.45) is 17.2. The summed E-state index contributed by atoms with van der Waals surface area (Å²) in [5, 5.41) is 0. The lowest BCUT2D eigenvalue weighted by molar-refractivity contribution is -0.179. The summed E-state index contributed by atoms with van der Waals surface area (Å²) >= 11 is 0. The van der Waals surface area contributed by atoms with E-state index in [0.29, 0.717) is 24.7 Å². The first-order valence-electron chi connectivity index (χ1n) is 14.6. The van der Waals surface area contributed by atoms with Crippen LogP contribution in [0.3, 0.4) is 0 Å². The van der Waals surface area contributed by atoms with Gasteiger partial charge in [-0.1, -0.05) is 79.7 Å². The highest BCUT2D eigenvalue weighted by molar-refractivity contribution is 5.84. The zero-order valence-corrected chi connectivity index (χ0v) is 24.3. The number of hydrogen-bond donors (Lipinski definition) is 0. The Morgan fingerprint density at radius 3 is 1.41 bits per heavy atom. The molecule has 2 bridgehead atoms. The van der Waals surface area contributed by atoms with Crippen molar-refractivity contribution in [3.05, 3.63) is 47.6 Å². The average molecular weight is 509 g/mol. The summed E-state index contributed by atoms with van der Waals surface area (Å²) in [7, 11) is 0. The van der Waals surface area contributed by atoms with Gasteiger partial charge in [-0.25, -0.2) is 0 Å². The van der Waals surface area contributed by atoms with Gasteiger partial charge in [0.2, 0.25) is 0 Å². The molecule has 0 heterocycles. The summed E-state index contributed by atoms with van der Waals surface area (Å²) in [6.45, 7) is 17.1. The fourth-order valence-electron chi connectivity index (χ4n) is 6.92. The molecule has 4 aliphatic carbocycles.